The van der Waals surface area contributed by atoms with Crippen LogP contribution in [0.1, 0.15) is 31.9 Å². The minimum atomic E-state index is -0.345. The highest BCUT2D eigenvalue weighted by Gasteiger charge is 2.24. The third-order valence-electron chi connectivity index (χ3n) is 5.97. The summed E-state index contributed by atoms with van der Waals surface area (Å²) >= 11 is 0. The van der Waals surface area contributed by atoms with Crippen LogP contribution in [0, 0.1) is 0 Å². The van der Waals surface area contributed by atoms with E-state index in [4.69, 9.17) is 0 Å². The smallest absolute Gasteiger partial charge is 0.228 e. The van der Waals surface area contributed by atoms with Crippen LogP contribution in [0.25, 0.3) is 22.0 Å². The Labute approximate surface area is 181 Å². The van der Waals surface area contributed by atoms with E-state index in [1.165, 1.54) is 0 Å². The molecule has 162 valence electrons. The van der Waals surface area contributed by atoms with Gasteiger partial charge < -0.3 is 10.2 Å². The fraction of sp³-hybridized carbons (Fsp3) is 0.417. The number of pyridine rings is 1. The average molecular weight is 422 g/mol. The lowest BCUT2D eigenvalue weighted by Crippen LogP contribution is -2.48. The van der Waals surface area contributed by atoms with Crippen molar-refractivity contribution in [1.82, 2.24) is 25.2 Å². The van der Waals surface area contributed by atoms with Gasteiger partial charge in [0, 0.05) is 54.7 Å². The Morgan fingerprint density at radius 3 is 2.71 bits per heavy atom. The molecule has 1 aliphatic rings. The zero-order chi connectivity index (χ0) is 21.6. The van der Waals surface area contributed by atoms with E-state index < -0.39 is 0 Å². The predicted molar refractivity (Wildman–Crippen MR) is 119 cm³/mol. The first-order valence-electron chi connectivity index (χ1n) is 10.9. The number of likely N-dealkylation sites (tertiary alicyclic amines) is 1. The predicted octanol–water partition coefficient (Wildman–Crippen LogP) is 3.56. The van der Waals surface area contributed by atoms with E-state index in [0.717, 1.165) is 47.0 Å². The minimum absolute atomic E-state index is 0.0826. The second-order valence-electron chi connectivity index (χ2n) is 8.09. The third-order valence-corrected chi connectivity index (χ3v) is 5.97. The highest BCUT2D eigenvalue weighted by Crippen LogP contribution is 2.23. The number of hydrogen-bond acceptors (Lipinski definition) is 5. The fourth-order valence-corrected chi connectivity index (χ4v) is 4.06. The van der Waals surface area contributed by atoms with E-state index in [9.17, 15) is 9.18 Å². The van der Waals surface area contributed by atoms with Crippen molar-refractivity contribution in [3.63, 3.8) is 0 Å². The van der Waals surface area contributed by atoms with Crippen molar-refractivity contribution < 1.29 is 9.18 Å². The highest BCUT2D eigenvalue weighted by molar-refractivity contribution is 5.87. The van der Waals surface area contributed by atoms with E-state index >= 15 is 0 Å². The van der Waals surface area contributed by atoms with Crippen LogP contribution in [0.15, 0.2) is 49.1 Å². The third kappa shape index (κ3) is 5.22. The van der Waals surface area contributed by atoms with Gasteiger partial charge in [-0.05, 0) is 36.8 Å². The zero-order valence-electron chi connectivity index (χ0n) is 17.8. The molecule has 3 aromatic rings. The molecular weight excluding hydrogens is 393 g/mol. The van der Waals surface area contributed by atoms with Crippen LogP contribution in [-0.4, -0.2) is 57.6 Å². The number of aromatic nitrogens is 3. The van der Waals surface area contributed by atoms with Gasteiger partial charge in [0.2, 0.25) is 5.91 Å². The molecule has 1 N–H and O–H groups in total. The lowest BCUT2D eigenvalue weighted by atomic mass is 10.0. The van der Waals surface area contributed by atoms with E-state index in [1.54, 1.807) is 18.6 Å². The van der Waals surface area contributed by atoms with E-state index in [1.807, 2.05) is 36.2 Å². The van der Waals surface area contributed by atoms with Gasteiger partial charge in [-0.3, -0.25) is 19.7 Å². The van der Waals surface area contributed by atoms with Gasteiger partial charge in [-0.1, -0.05) is 19.1 Å². The largest absolute Gasteiger partial charge is 0.342 e. The molecule has 31 heavy (non-hydrogen) atoms. The zero-order valence-corrected chi connectivity index (χ0v) is 17.8. The summed E-state index contributed by atoms with van der Waals surface area (Å²) in [6, 6.07) is 8.25. The molecule has 7 heteroatoms. The van der Waals surface area contributed by atoms with E-state index in [-0.39, 0.29) is 31.1 Å². The van der Waals surface area contributed by atoms with Crippen molar-refractivity contribution in [2.24, 2.45) is 0 Å². The quantitative estimate of drug-likeness (QED) is 0.632. The Balaban J connectivity index is 1.40. The number of nitrogens with one attached hydrogen (secondary N) is 1. The first-order chi connectivity index (χ1) is 15.2. The first-order valence-corrected chi connectivity index (χ1v) is 10.9. The highest BCUT2D eigenvalue weighted by atomic mass is 19.1. The van der Waals surface area contributed by atoms with Crippen LogP contribution >= 0.6 is 0 Å². The molecule has 2 aromatic heterocycles. The van der Waals surface area contributed by atoms with Crippen LogP contribution in [0.2, 0.25) is 0 Å². The number of amides is 1. The molecule has 1 saturated heterocycles. The van der Waals surface area contributed by atoms with Crippen LogP contribution in [-0.2, 0) is 11.2 Å². The van der Waals surface area contributed by atoms with Crippen LogP contribution in [0.4, 0.5) is 4.39 Å². The van der Waals surface area contributed by atoms with Crippen molar-refractivity contribution >= 4 is 16.7 Å². The number of nitrogens with zero attached hydrogens (tertiary/aromatic N) is 4. The fourth-order valence-electron chi connectivity index (χ4n) is 4.06. The molecule has 1 fully saturated rings. The second-order valence-corrected chi connectivity index (χ2v) is 8.09. The average Bonchev–Trinajstić information content (AvgIpc) is 2.83. The van der Waals surface area contributed by atoms with E-state index in [2.05, 4.69) is 26.3 Å². The Kier molecular flexibility index (Phi) is 6.82. The van der Waals surface area contributed by atoms with Crippen LogP contribution in [0.3, 0.4) is 0 Å². The molecule has 1 unspecified atom stereocenters. The van der Waals surface area contributed by atoms with Gasteiger partial charge >= 0.3 is 0 Å². The monoisotopic (exact) mass is 421 g/mol. The summed E-state index contributed by atoms with van der Waals surface area (Å²) in [5.41, 5.74) is 2.56. The summed E-state index contributed by atoms with van der Waals surface area (Å²) < 4.78 is 13.0. The number of hydrogen-bond donors (Lipinski definition) is 1. The molecule has 1 aromatic carbocycles. The Hall–Kier alpha value is -2.93. The second kappa shape index (κ2) is 9.92. The van der Waals surface area contributed by atoms with Gasteiger partial charge in [0.25, 0.3) is 0 Å². The topological polar surface area (TPSA) is 71.0 Å². The van der Waals surface area contributed by atoms with Gasteiger partial charge in [-0.25, -0.2) is 4.39 Å². The molecule has 1 amide bonds. The van der Waals surface area contributed by atoms with Gasteiger partial charge in [0.05, 0.1) is 24.0 Å². The Morgan fingerprint density at radius 1 is 1.16 bits per heavy atom. The van der Waals surface area contributed by atoms with Crippen molar-refractivity contribution in [1.29, 1.82) is 0 Å². The van der Waals surface area contributed by atoms with Crippen LogP contribution in [0.5, 0.6) is 0 Å². The molecule has 1 aliphatic heterocycles. The van der Waals surface area contributed by atoms with Crippen LogP contribution < -0.4 is 5.32 Å². The van der Waals surface area contributed by atoms with Gasteiger partial charge in [0.15, 0.2) is 0 Å². The molecule has 3 heterocycles. The normalized spacial score (nSPS) is 15.9. The maximum Gasteiger partial charge on any atom is 0.228 e. The number of fused-ring (bicyclic) bond motifs is 1. The molecular formula is C24H28FN5O. The summed E-state index contributed by atoms with van der Waals surface area (Å²) in [4.78, 5) is 27.7. The minimum Gasteiger partial charge on any atom is -0.342 e. The molecule has 0 spiro atoms. The van der Waals surface area contributed by atoms with Gasteiger partial charge in [0.1, 0.15) is 6.67 Å². The Bertz CT molecular complexity index is 1020. The lowest BCUT2D eigenvalue weighted by molar-refractivity contribution is -0.131. The molecule has 6 nitrogen and oxygen atoms in total. The SMILES string of the molecule is CCC(CF)NC1CCN(C(=O)Cc2cc3cc(-c4cnccn4)ccc3cn2)CC1. The summed E-state index contributed by atoms with van der Waals surface area (Å²) in [5.74, 6) is 0.0907. The summed E-state index contributed by atoms with van der Waals surface area (Å²) in [6.07, 6.45) is 9.66. The first kappa shape index (κ1) is 21.3. The number of alkyl halides is 1. The maximum atomic E-state index is 13.0. The number of rotatable bonds is 7. The van der Waals surface area contributed by atoms with Crippen molar-refractivity contribution in [3.05, 3.63) is 54.7 Å². The molecule has 0 aliphatic carbocycles. The Morgan fingerprint density at radius 2 is 2.00 bits per heavy atom. The van der Waals surface area contributed by atoms with E-state index in [0.29, 0.717) is 13.1 Å². The number of piperidine rings is 1. The summed E-state index contributed by atoms with van der Waals surface area (Å²) in [7, 11) is 0. The number of benzene rings is 1. The lowest BCUT2D eigenvalue weighted by Gasteiger charge is -2.34. The maximum absolute atomic E-state index is 13.0. The number of carbonyl (C=O) groups excluding carboxylic acids is 1. The standard InChI is InChI=1S/C24H28FN5O/c1-2-20(14-25)29-21-5-9-30(10-6-21)24(31)13-22-12-19-11-17(3-4-18(19)15-28-22)23-16-26-7-8-27-23/h3-4,7-8,11-12,15-16,20-21,29H,2,5-6,9-10,13-14H2,1H3. The molecule has 0 radical (unpaired) electrons. The molecule has 1 atom stereocenters. The van der Waals surface area contributed by atoms with Crippen molar-refractivity contribution in [2.45, 2.75) is 44.7 Å². The van der Waals surface area contributed by atoms with Gasteiger partial charge in [-0.2, -0.15) is 0 Å². The van der Waals surface area contributed by atoms with Gasteiger partial charge in [-0.15, -0.1) is 0 Å². The number of carbonyl (C=O) groups is 1. The number of halogens is 1. The molecule has 0 bridgehead atoms. The van der Waals surface area contributed by atoms with Crippen molar-refractivity contribution in [3.8, 4) is 11.3 Å². The molecule has 0 saturated carbocycles. The molecule has 4 rings (SSSR count). The summed E-state index contributed by atoms with van der Waals surface area (Å²) in [5, 5.41) is 5.42. The summed E-state index contributed by atoms with van der Waals surface area (Å²) in [6.45, 7) is 3.04. The van der Waals surface area contributed by atoms with Crippen molar-refractivity contribution in [2.75, 3.05) is 19.8 Å².